The van der Waals surface area contributed by atoms with Gasteiger partial charge in [-0.2, -0.15) is 4.31 Å². The van der Waals surface area contributed by atoms with Crippen molar-refractivity contribution in [1.29, 1.82) is 0 Å². The molecule has 1 N–H and O–H groups in total. The molecule has 8 heteroatoms. The summed E-state index contributed by atoms with van der Waals surface area (Å²) >= 11 is 0. The summed E-state index contributed by atoms with van der Waals surface area (Å²) in [6.07, 6.45) is 6.61. The molecule has 140 valence electrons. The number of carbonyl (C=O) groups excluding carboxylic acids is 1. The number of ether oxygens (including phenoxy) is 1. The molecule has 0 spiro atoms. The third-order valence-corrected chi connectivity index (χ3v) is 6.15. The maximum absolute atomic E-state index is 12.0. The summed E-state index contributed by atoms with van der Waals surface area (Å²) < 4.78 is 30.9. The van der Waals surface area contributed by atoms with Crippen molar-refractivity contribution in [2.45, 2.75) is 44.6 Å². The van der Waals surface area contributed by atoms with Gasteiger partial charge in [0.25, 0.3) is 0 Å². The van der Waals surface area contributed by atoms with Crippen LogP contribution in [0.3, 0.4) is 0 Å². The summed E-state index contributed by atoms with van der Waals surface area (Å²) in [5, 5.41) is 2.90. The zero-order valence-electron chi connectivity index (χ0n) is 14.7. The molecule has 0 atom stereocenters. The molecular weight excluding hydrogens is 330 g/mol. The van der Waals surface area contributed by atoms with Gasteiger partial charge in [0.2, 0.25) is 15.9 Å². The second-order valence-electron chi connectivity index (χ2n) is 6.72. The Morgan fingerprint density at radius 1 is 1.21 bits per heavy atom. The fourth-order valence-electron chi connectivity index (χ4n) is 3.47. The maximum Gasteiger partial charge on any atom is 0.221 e. The monoisotopic (exact) mass is 361 g/mol. The second-order valence-corrected chi connectivity index (χ2v) is 8.65. The molecule has 0 aromatic rings. The van der Waals surface area contributed by atoms with Crippen molar-refractivity contribution < 1.29 is 17.9 Å². The molecule has 1 saturated heterocycles. The normalized spacial score (nSPS) is 21.1. The standard InChI is InChI=1S/C16H31N3O4S/c1-24(21,22)19(15-5-3-2-4-6-15)9-7-16(20)17-8-10-18-11-13-23-14-12-18/h15H,2-14H2,1H3,(H,17,20). The number of nitrogens with zero attached hydrogens (tertiary/aromatic N) is 2. The first kappa shape index (κ1) is 19.6. The number of rotatable bonds is 8. The molecule has 0 unspecified atom stereocenters. The first-order chi connectivity index (χ1) is 11.5. The molecule has 7 nitrogen and oxygen atoms in total. The van der Waals surface area contributed by atoms with E-state index in [4.69, 9.17) is 4.74 Å². The van der Waals surface area contributed by atoms with E-state index in [1.807, 2.05) is 0 Å². The van der Waals surface area contributed by atoms with Crippen LogP contribution in [0.2, 0.25) is 0 Å². The van der Waals surface area contributed by atoms with Crippen LogP contribution in [0.5, 0.6) is 0 Å². The van der Waals surface area contributed by atoms with E-state index < -0.39 is 10.0 Å². The summed E-state index contributed by atoms with van der Waals surface area (Å²) in [5.74, 6) is -0.0762. The number of morpholine rings is 1. The van der Waals surface area contributed by atoms with Gasteiger partial charge in [0.15, 0.2) is 0 Å². The van der Waals surface area contributed by atoms with Crippen molar-refractivity contribution in [2.24, 2.45) is 0 Å². The Hall–Kier alpha value is -0.700. The number of hydrogen-bond donors (Lipinski definition) is 1. The highest BCUT2D eigenvalue weighted by molar-refractivity contribution is 7.88. The van der Waals surface area contributed by atoms with Crippen LogP contribution in [0, 0.1) is 0 Å². The highest BCUT2D eigenvalue weighted by atomic mass is 32.2. The lowest BCUT2D eigenvalue weighted by Gasteiger charge is -2.32. The number of sulfonamides is 1. The first-order valence-electron chi connectivity index (χ1n) is 9.00. The molecule has 1 amide bonds. The minimum Gasteiger partial charge on any atom is -0.379 e. The zero-order chi connectivity index (χ0) is 17.4. The molecule has 1 aliphatic carbocycles. The molecule has 2 rings (SSSR count). The molecule has 1 saturated carbocycles. The van der Waals surface area contributed by atoms with Gasteiger partial charge in [0.05, 0.1) is 19.5 Å². The van der Waals surface area contributed by atoms with Crippen molar-refractivity contribution in [3.05, 3.63) is 0 Å². The van der Waals surface area contributed by atoms with E-state index in [9.17, 15) is 13.2 Å². The van der Waals surface area contributed by atoms with Gasteiger partial charge in [-0.1, -0.05) is 19.3 Å². The van der Waals surface area contributed by atoms with Crippen LogP contribution < -0.4 is 5.32 Å². The van der Waals surface area contributed by atoms with Crippen LogP contribution >= 0.6 is 0 Å². The number of amides is 1. The SMILES string of the molecule is CS(=O)(=O)N(CCC(=O)NCCN1CCOCC1)C1CCCCC1. The van der Waals surface area contributed by atoms with Crippen LogP contribution in [0.1, 0.15) is 38.5 Å². The van der Waals surface area contributed by atoms with E-state index in [1.165, 1.54) is 17.0 Å². The Morgan fingerprint density at radius 2 is 1.88 bits per heavy atom. The summed E-state index contributed by atoms with van der Waals surface area (Å²) in [5.41, 5.74) is 0. The molecule has 2 fully saturated rings. The van der Waals surface area contributed by atoms with E-state index in [2.05, 4.69) is 10.2 Å². The Balaban J connectivity index is 1.71. The summed E-state index contributed by atoms with van der Waals surface area (Å²) in [6, 6.07) is 0.0647. The van der Waals surface area contributed by atoms with Crippen molar-refractivity contribution >= 4 is 15.9 Å². The Labute approximate surface area is 145 Å². The first-order valence-corrected chi connectivity index (χ1v) is 10.9. The number of nitrogens with one attached hydrogen (secondary N) is 1. The molecule has 0 aromatic heterocycles. The van der Waals surface area contributed by atoms with Crippen LogP contribution in [-0.4, -0.2) is 81.8 Å². The Bertz CT molecular complexity index is 486. The number of hydrogen-bond acceptors (Lipinski definition) is 5. The molecule has 1 heterocycles. The van der Waals surface area contributed by atoms with Crippen LogP contribution in [0.4, 0.5) is 0 Å². The van der Waals surface area contributed by atoms with Gasteiger partial charge < -0.3 is 10.1 Å². The van der Waals surface area contributed by atoms with Crippen LogP contribution in [0.15, 0.2) is 0 Å². The summed E-state index contributed by atoms with van der Waals surface area (Å²) in [7, 11) is -3.27. The summed E-state index contributed by atoms with van der Waals surface area (Å²) in [6.45, 7) is 5.00. The lowest BCUT2D eigenvalue weighted by atomic mass is 9.95. The molecular formula is C16H31N3O4S. The molecule has 2 aliphatic rings. The van der Waals surface area contributed by atoms with Gasteiger partial charge in [-0.15, -0.1) is 0 Å². The number of carbonyl (C=O) groups is 1. The zero-order valence-corrected chi connectivity index (χ0v) is 15.5. The van der Waals surface area contributed by atoms with Crippen molar-refractivity contribution in [3.63, 3.8) is 0 Å². The Morgan fingerprint density at radius 3 is 2.50 bits per heavy atom. The fourth-order valence-corrected chi connectivity index (χ4v) is 4.64. The van der Waals surface area contributed by atoms with Crippen molar-refractivity contribution in [1.82, 2.24) is 14.5 Å². The van der Waals surface area contributed by atoms with Gasteiger partial charge in [0.1, 0.15) is 0 Å². The molecule has 0 bridgehead atoms. The quantitative estimate of drug-likeness (QED) is 0.678. The van der Waals surface area contributed by atoms with E-state index in [0.29, 0.717) is 6.54 Å². The largest absolute Gasteiger partial charge is 0.379 e. The van der Waals surface area contributed by atoms with E-state index >= 15 is 0 Å². The maximum atomic E-state index is 12.0. The van der Waals surface area contributed by atoms with Crippen molar-refractivity contribution in [2.75, 3.05) is 52.2 Å². The molecule has 0 aromatic carbocycles. The van der Waals surface area contributed by atoms with Crippen molar-refractivity contribution in [3.8, 4) is 0 Å². The second kappa shape index (κ2) is 9.70. The average molecular weight is 362 g/mol. The van der Waals surface area contributed by atoms with E-state index in [1.54, 1.807) is 0 Å². The third kappa shape index (κ3) is 6.66. The topological polar surface area (TPSA) is 79.0 Å². The summed E-state index contributed by atoms with van der Waals surface area (Å²) in [4.78, 5) is 14.3. The fraction of sp³-hybridized carbons (Fsp3) is 0.938. The minimum absolute atomic E-state index is 0.0647. The van der Waals surface area contributed by atoms with Crippen LogP contribution in [0.25, 0.3) is 0 Å². The van der Waals surface area contributed by atoms with E-state index in [0.717, 1.165) is 58.5 Å². The van der Waals surface area contributed by atoms with Crippen LogP contribution in [-0.2, 0) is 19.6 Å². The molecule has 24 heavy (non-hydrogen) atoms. The lowest BCUT2D eigenvalue weighted by Crippen LogP contribution is -2.44. The van der Waals surface area contributed by atoms with Gasteiger partial charge in [-0.3, -0.25) is 9.69 Å². The predicted octanol–water partition coefficient (Wildman–Crippen LogP) is 0.419. The highest BCUT2D eigenvalue weighted by Gasteiger charge is 2.28. The van der Waals surface area contributed by atoms with Gasteiger partial charge >= 0.3 is 0 Å². The predicted molar refractivity (Wildman–Crippen MR) is 93.3 cm³/mol. The molecule has 0 radical (unpaired) electrons. The smallest absolute Gasteiger partial charge is 0.221 e. The average Bonchev–Trinajstić information content (AvgIpc) is 2.56. The Kier molecular flexibility index (Phi) is 7.93. The van der Waals surface area contributed by atoms with Gasteiger partial charge in [-0.25, -0.2) is 8.42 Å². The minimum atomic E-state index is -3.27. The molecule has 1 aliphatic heterocycles. The van der Waals surface area contributed by atoms with Gasteiger partial charge in [-0.05, 0) is 12.8 Å². The third-order valence-electron chi connectivity index (χ3n) is 4.82. The van der Waals surface area contributed by atoms with Gasteiger partial charge in [0, 0.05) is 45.2 Å². The highest BCUT2D eigenvalue weighted by Crippen LogP contribution is 2.24. The van der Waals surface area contributed by atoms with E-state index in [-0.39, 0.29) is 24.9 Å². The lowest BCUT2D eigenvalue weighted by molar-refractivity contribution is -0.121.